The Balaban J connectivity index is 1.39. The molecule has 0 saturated heterocycles. The molecule has 1 aliphatic carbocycles. The smallest absolute Gasteiger partial charge is 0.124 e. The summed E-state index contributed by atoms with van der Waals surface area (Å²) in [5, 5.41) is 2.65. The first-order valence-corrected chi connectivity index (χ1v) is 13.1. The molecule has 0 amide bonds. The van der Waals surface area contributed by atoms with E-state index in [1.807, 2.05) is 0 Å². The number of H-pyrrole nitrogens is 1. The Labute approximate surface area is 212 Å². The van der Waals surface area contributed by atoms with Crippen LogP contribution in [-0.4, -0.2) is 28.0 Å². The molecule has 2 aliphatic rings. The fourth-order valence-electron chi connectivity index (χ4n) is 5.42. The van der Waals surface area contributed by atoms with Crippen LogP contribution in [0.5, 0.6) is 5.75 Å². The third-order valence-electron chi connectivity index (χ3n) is 7.59. The number of imidazole rings is 1. The summed E-state index contributed by atoms with van der Waals surface area (Å²) in [7, 11) is 0. The van der Waals surface area contributed by atoms with Crippen LogP contribution in [0.15, 0.2) is 72.8 Å². The molecule has 1 N–H and O–H groups in total. The van der Waals surface area contributed by atoms with Crippen LogP contribution >= 0.6 is 0 Å². The largest absolute Gasteiger partial charge is 0.491 e. The van der Waals surface area contributed by atoms with Gasteiger partial charge in [-0.1, -0.05) is 61.9 Å². The van der Waals surface area contributed by atoms with E-state index in [0.29, 0.717) is 12.5 Å². The number of ether oxygens (including phenoxy) is 1. The number of allylic oxidation sites excluding steroid dienone is 1. The Morgan fingerprint density at radius 3 is 2.69 bits per heavy atom. The fraction of sp³-hybridized carbons (Fsp3) is 0.281. The maximum absolute atomic E-state index is 6.22. The van der Waals surface area contributed by atoms with Gasteiger partial charge < -0.3 is 14.6 Å². The van der Waals surface area contributed by atoms with Gasteiger partial charge >= 0.3 is 0 Å². The average Bonchev–Trinajstić information content (AvgIpc) is 3.11. The van der Waals surface area contributed by atoms with Crippen molar-refractivity contribution in [3.8, 4) is 16.9 Å². The van der Waals surface area contributed by atoms with Crippen LogP contribution < -0.4 is 15.2 Å². The number of aryl methyl sites for hydroxylation is 1. The minimum atomic E-state index is 0.418. The number of aromatic nitrogens is 2. The van der Waals surface area contributed by atoms with Crippen LogP contribution in [0.1, 0.15) is 38.6 Å². The van der Waals surface area contributed by atoms with Crippen molar-refractivity contribution in [2.75, 3.05) is 13.2 Å². The van der Waals surface area contributed by atoms with Gasteiger partial charge in [0.05, 0.1) is 17.6 Å². The summed E-state index contributed by atoms with van der Waals surface area (Å²) in [4.78, 5) is 10.7. The van der Waals surface area contributed by atoms with Gasteiger partial charge in [-0.3, -0.25) is 0 Å². The molecule has 4 nitrogen and oxygen atoms in total. The van der Waals surface area contributed by atoms with Crippen LogP contribution in [-0.2, 0) is 13.0 Å². The van der Waals surface area contributed by atoms with Gasteiger partial charge in [-0.15, -0.1) is 0 Å². The van der Waals surface area contributed by atoms with Crippen molar-refractivity contribution < 1.29 is 4.74 Å². The lowest BCUT2D eigenvalue weighted by molar-refractivity contribution is 0.283. The Bertz CT molecular complexity index is 1590. The Morgan fingerprint density at radius 1 is 1.03 bits per heavy atom. The van der Waals surface area contributed by atoms with Crippen LogP contribution in [0.4, 0.5) is 0 Å². The van der Waals surface area contributed by atoms with Crippen LogP contribution in [0.3, 0.4) is 0 Å². The summed E-state index contributed by atoms with van der Waals surface area (Å²) in [6.07, 6.45) is 6.71. The van der Waals surface area contributed by atoms with Gasteiger partial charge in [0.15, 0.2) is 0 Å². The molecule has 0 bridgehead atoms. The molecular formula is C32H33N3O. The number of nitrogens with one attached hydrogen (secondary N) is 1. The molecule has 0 spiro atoms. The van der Waals surface area contributed by atoms with Crippen LogP contribution in [0.2, 0.25) is 0 Å². The molecule has 1 atom stereocenters. The van der Waals surface area contributed by atoms with Crippen molar-refractivity contribution >= 4 is 22.3 Å². The number of hydrogen-bond donors (Lipinski definition) is 1. The van der Waals surface area contributed by atoms with Crippen LogP contribution in [0, 0.1) is 5.92 Å². The average molecular weight is 476 g/mol. The third-order valence-corrected chi connectivity index (χ3v) is 7.59. The molecule has 182 valence electrons. The summed E-state index contributed by atoms with van der Waals surface area (Å²) in [6, 6.07) is 21.9. The van der Waals surface area contributed by atoms with Gasteiger partial charge in [-0.05, 0) is 65.9 Å². The summed E-state index contributed by atoms with van der Waals surface area (Å²) in [5.74, 6) is 2.46. The molecule has 1 aromatic heterocycles. The van der Waals surface area contributed by atoms with E-state index in [4.69, 9.17) is 9.72 Å². The maximum Gasteiger partial charge on any atom is 0.124 e. The number of aromatic amines is 1. The number of benzene rings is 3. The molecule has 4 heteroatoms. The molecule has 0 saturated carbocycles. The Hall–Kier alpha value is -3.79. The predicted octanol–water partition coefficient (Wildman–Crippen LogP) is 5.56. The highest BCUT2D eigenvalue weighted by Gasteiger charge is 2.19. The van der Waals surface area contributed by atoms with Gasteiger partial charge in [-0.2, -0.15) is 0 Å². The number of rotatable bonds is 4. The van der Waals surface area contributed by atoms with Crippen molar-refractivity contribution in [3.05, 3.63) is 94.6 Å². The molecule has 4 aromatic rings. The first kappa shape index (κ1) is 22.7. The molecule has 0 radical (unpaired) electrons. The van der Waals surface area contributed by atoms with Gasteiger partial charge in [-0.25, -0.2) is 4.98 Å². The van der Waals surface area contributed by atoms with Crippen molar-refractivity contribution in [3.63, 3.8) is 0 Å². The Morgan fingerprint density at radius 2 is 1.83 bits per heavy atom. The second kappa shape index (κ2) is 9.34. The zero-order chi connectivity index (χ0) is 24.6. The van der Waals surface area contributed by atoms with E-state index in [1.165, 1.54) is 38.4 Å². The number of hydrogen-bond acceptors (Lipinski definition) is 3. The number of nitrogens with zero attached hydrogens (tertiary/aromatic N) is 2. The lowest BCUT2D eigenvalue weighted by Crippen LogP contribution is -2.35. The van der Waals surface area contributed by atoms with Crippen molar-refractivity contribution in [2.24, 2.45) is 5.92 Å². The van der Waals surface area contributed by atoms with E-state index in [0.717, 1.165) is 48.5 Å². The molecular weight excluding hydrogens is 442 g/mol. The molecule has 36 heavy (non-hydrogen) atoms. The van der Waals surface area contributed by atoms with Crippen molar-refractivity contribution in [2.45, 2.75) is 40.2 Å². The highest BCUT2D eigenvalue weighted by Crippen LogP contribution is 2.32. The summed E-state index contributed by atoms with van der Waals surface area (Å²) in [6.45, 7) is 9.06. The summed E-state index contributed by atoms with van der Waals surface area (Å²) < 4.78 is 6.22. The zero-order valence-electron chi connectivity index (χ0n) is 21.3. The highest BCUT2D eigenvalue weighted by molar-refractivity contribution is 5.82. The molecule has 2 heterocycles. The lowest BCUT2D eigenvalue weighted by Gasteiger charge is -2.24. The monoisotopic (exact) mass is 475 g/mol. The van der Waals surface area contributed by atoms with Gasteiger partial charge in [0.2, 0.25) is 0 Å². The van der Waals surface area contributed by atoms with Gasteiger partial charge in [0.25, 0.3) is 0 Å². The van der Waals surface area contributed by atoms with Gasteiger partial charge in [0, 0.05) is 29.4 Å². The lowest BCUT2D eigenvalue weighted by atomic mass is 10.0. The Kier molecular flexibility index (Phi) is 5.88. The van der Waals surface area contributed by atoms with E-state index >= 15 is 0 Å². The van der Waals surface area contributed by atoms with E-state index in [9.17, 15) is 0 Å². The standard InChI is InChI=1S/C32H33N3O/c1-4-7-32-33-28-13-11-24(19-29(28)34-32)23-12-15-31-25(18-23)20-35(16-17-36-31)30-14-10-21(2)22(3)26-8-5-6-9-27(26)30/h5-6,8-15,18-19,21H,4,7,16-17,20H2,1-3H3,(H,33,34). The van der Waals surface area contributed by atoms with E-state index < -0.39 is 0 Å². The molecule has 1 aliphatic heterocycles. The SMILES string of the molecule is CCCc1nc2ccc(-c3ccc4c(c3)CN(C3=c5ccccc5=C(C)C(C)C=C3)CCO4)cc2[nH]1. The molecule has 6 rings (SSSR count). The van der Waals surface area contributed by atoms with Crippen LogP contribution in [0.25, 0.3) is 33.4 Å². The minimum absolute atomic E-state index is 0.418. The van der Waals surface area contributed by atoms with E-state index in [2.05, 4.69) is 103 Å². The second-order valence-electron chi connectivity index (χ2n) is 10.0. The normalized spacial score (nSPS) is 17.4. The van der Waals surface area contributed by atoms with E-state index in [1.54, 1.807) is 0 Å². The number of fused-ring (bicyclic) bond motifs is 3. The van der Waals surface area contributed by atoms with Crippen molar-refractivity contribution in [1.82, 2.24) is 14.9 Å². The van der Waals surface area contributed by atoms with E-state index in [-0.39, 0.29) is 0 Å². The van der Waals surface area contributed by atoms with Crippen molar-refractivity contribution in [1.29, 1.82) is 0 Å². The quantitative estimate of drug-likeness (QED) is 0.420. The van der Waals surface area contributed by atoms with Gasteiger partial charge in [0.1, 0.15) is 18.2 Å². The predicted molar refractivity (Wildman–Crippen MR) is 148 cm³/mol. The highest BCUT2D eigenvalue weighted by atomic mass is 16.5. The summed E-state index contributed by atoms with van der Waals surface area (Å²) in [5.41, 5.74) is 8.44. The topological polar surface area (TPSA) is 41.2 Å². The summed E-state index contributed by atoms with van der Waals surface area (Å²) >= 11 is 0. The fourth-order valence-corrected chi connectivity index (χ4v) is 5.42. The minimum Gasteiger partial charge on any atom is -0.491 e. The third kappa shape index (κ3) is 4.11. The first-order chi connectivity index (χ1) is 17.6. The first-order valence-electron chi connectivity index (χ1n) is 13.1. The molecule has 1 unspecified atom stereocenters. The maximum atomic E-state index is 6.22. The molecule has 0 fully saturated rings. The zero-order valence-corrected chi connectivity index (χ0v) is 21.3. The molecule has 3 aromatic carbocycles. The second-order valence-corrected chi connectivity index (χ2v) is 10.0.